The second-order valence-corrected chi connectivity index (χ2v) is 8.04. The number of hydrogen-bond donors (Lipinski definition) is 1. The van der Waals surface area contributed by atoms with Crippen LogP contribution in [0.1, 0.15) is 25.3 Å². The molecule has 2 N–H and O–H groups in total. The van der Waals surface area contributed by atoms with E-state index in [0.717, 1.165) is 12.8 Å². The second kappa shape index (κ2) is 7.90. The summed E-state index contributed by atoms with van der Waals surface area (Å²) in [5, 5.41) is 0. The Hall–Kier alpha value is -1.35. The van der Waals surface area contributed by atoms with Crippen LogP contribution in [-0.2, 0) is 26.0 Å². The van der Waals surface area contributed by atoms with Crippen LogP contribution in [0.3, 0.4) is 0 Å². The number of halogens is 1. The first-order valence-electron chi connectivity index (χ1n) is 8.13. The van der Waals surface area contributed by atoms with Crippen molar-refractivity contribution in [3.63, 3.8) is 0 Å². The topological polar surface area (TPSA) is 98.9 Å². The van der Waals surface area contributed by atoms with Crippen molar-refractivity contribution in [3.8, 4) is 5.75 Å². The van der Waals surface area contributed by atoms with Gasteiger partial charge in [-0.25, -0.2) is 13.2 Å². The maximum Gasteiger partial charge on any atom is 0.347 e. The molecular formula is C16H23ClN2O5S. The van der Waals surface area contributed by atoms with Crippen molar-refractivity contribution < 1.29 is 22.7 Å². The molecule has 0 aromatic heterocycles. The van der Waals surface area contributed by atoms with Gasteiger partial charge >= 0.3 is 5.97 Å². The highest BCUT2D eigenvalue weighted by Crippen LogP contribution is 2.32. The van der Waals surface area contributed by atoms with Gasteiger partial charge < -0.3 is 15.2 Å². The summed E-state index contributed by atoms with van der Waals surface area (Å²) in [4.78, 5) is 12.0. The van der Waals surface area contributed by atoms with E-state index in [1.165, 1.54) is 10.4 Å². The zero-order chi connectivity index (χ0) is 17.3. The lowest BCUT2D eigenvalue weighted by Crippen LogP contribution is -2.45. The van der Waals surface area contributed by atoms with Gasteiger partial charge in [0.25, 0.3) is 0 Å². The Balaban J connectivity index is 0.00000225. The maximum absolute atomic E-state index is 12.8. The molecule has 2 atom stereocenters. The molecule has 25 heavy (non-hydrogen) atoms. The monoisotopic (exact) mass is 390 g/mol. The van der Waals surface area contributed by atoms with Crippen LogP contribution in [0.15, 0.2) is 23.1 Å². The molecule has 1 fully saturated rings. The van der Waals surface area contributed by atoms with E-state index in [2.05, 4.69) is 0 Å². The first-order valence-corrected chi connectivity index (χ1v) is 9.57. The third kappa shape index (κ3) is 4.08. The zero-order valence-electron chi connectivity index (χ0n) is 14.0. The van der Waals surface area contributed by atoms with Gasteiger partial charge in [-0.15, -0.1) is 12.4 Å². The van der Waals surface area contributed by atoms with Crippen LogP contribution < -0.4 is 10.5 Å². The third-order valence-corrected chi connectivity index (χ3v) is 6.18. The minimum Gasteiger partial charge on any atom is -0.478 e. The van der Waals surface area contributed by atoms with Gasteiger partial charge in [-0.1, -0.05) is 0 Å². The van der Waals surface area contributed by atoms with Crippen LogP contribution in [0.25, 0.3) is 0 Å². The van der Waals surface area contributed by atoms with Crippen molar-refractivity contribution in [1.82, 2.24) is 4.31 Å². The average Bonchev–Trinajstić information content (AvgIpc) is 2.98. The Morgan fingerprint density at radius 2 is 2.20 bits per heavy atom. The minimum absolute atomic E-state index is 0. The summed E-state index contributed by atoms with van der Waals surface area (Å²) in [5.41, 5.74) is 6.60. The van der Waals surface area contributed by atoms with Gasteiger partial charge in [-0.2, -0.15) is 4.31 Å². The van der Waals surface area contributed by atoms with Crippen molar-refractivity contribution in [2.45, 2.75) is 43.2 Å². The number of fused-ring (bicyclic) bond motifs is 1. The Morgan fingerprint density at radius 3 is 2.88 bits per heavy atom. The molecule has 7 nitrogen and oxygen atoms in total. The number of carbonyl (C=O) groups excluding carboxylic acids is 1. The Bertz CT molecular complexity index is 740. The van der Waals surface area contributed by atoms with E-state index >= 15 is 0 Å². The predicted molar refractivity (Wildman–Crippen MR) is 94.4 cm³/mol. The molecule has 2 aliphatic heterocycles. The van der Waals surface area contributed by atoms with E-state index in [9.17, 15) is 13.2 Å². The van der Waals surface area contributed by atoms with E-state index in [4.69, 9.17) is 15.2 Å². The number of rotatable bonds is 4. The summed E-state index contributed by atoms with van der Waals surface area (Å²) in [7, 11) is -3.58. The lowest BCUT2D eigenvalue weighted by molar-refractivity contribution is -0.150. The number of nitrogens with zero attached hydrogens (tertiary/aromatic N) is 1. The van der Waals surface area contributed by atoms with Crippen LogP contribution in [0.4, 0.5) is 0 Å². The molecule has 2 aliphatic rings. The highest BCUT2D eigenvalue weighted by atomic mass is 35.5. The van der Waals surface area contributed by atoms with Gasteiger partial charge in [0.2, 0.25) is 10.0 Å². The van der Waals surface area contributed by atoms with Crippen molar-refractivity contribution in [3.05, 3.63) is 23.8 Å². The van der Waals surface area contributed by atoms with Crippen molar-refractivity contribution in [1.29, 1.82) is 0 Å². The quantitative estimate of drug-likeness (QED) is 0.772. The van der Waals surface area contributed by atoms with Crippen molar-refractivity contribution in [2.75, 3.05) is 19.7 Å². The molecule has 0 amide bonds. The number of benzene rings is 1. The normalized spacial score (nSPS) is 23.3. The maximum atomic E-state index is 12.8. The van der Waals surface area contributed by atoms with Crippen LogP contribution in [0, 0.1) is 0 Å². The second-order valence-electron chi connectivity index (χ2n) is 6.10. The SMILES string of the molecule is CCOC(=O)C1Cc2cc(S(=O)(=O)N3CCCC(N)C3)ccc2O1.Cl. The van der Waals surface area contributed by atoms with Crippen LogP contribution in [0.2, 0.25) is 0 Å². The van der Waals surface area contributed by atoms with Crippen LogP contribution in [-0.4, -0.2) is 50.5 Å². The molecule has 0 saturated carbocycles. The molecule has 3 rings (SSSR count). The molecule has 2 unspecified atom stereocenters. The molecule has 0 spiro atoms. The molecule has 140 valence electrons. The Morgan fingerprint density at radius 1 is 1.44 bits per heavy atom. The molecule has 1 saturated heterocycles. The number of carbonyl (C=O) groups is 1. The third-order valence-electron chi connectivity index (χ3n) is 4.31. The number of sulfonamides is 1. The van der Waals surface area contributed by atoms with Crippen molar-refractivity contribution in [2.24, 2.45) is 5.73 Å². The predicted octanol–water partition coefficient (Wildman–Crippen LogP) is 1.09. The number of esters is 1. The van der Waals surface area contributed by atoms with Crippen LogP contribution >= 0.6 is 12.4 Å². The highest BCUT2D eigenvalue weighted by molar-refractivity contribution is 7.89. The molecule has 0 radical (unpaired) electrons. The lowest BCUT2D eigenvalue weighted by atomic mass is 10.1. The van der Waals surface area contributed by atoms with Gasteiger partial charge in [0, 0.05) is 25.6 Å². The molecule has 2 heterocycles. The summed E-state index contributed by atoms with van der Waals surface area (Å²) < 4.78 is 37.5. The van der Waals surface area contributed by atoms with E-state index in [-0.39, 0.29) is 30.0 Å². The van der Waals surface area contributed by atoms with Gasteiger partial charge in [0.1, 0.15) is 5.75 Å². The Kier molecular flexibility index (Phi) is 6.31. The van der Waals surface area contributed by atoms with E-state index < -0.39 is 22.1 Å². The van der Waals surface area contributed by atoms with Gasteiger partial charge in [-0.05, 0) is 43.5 Å². The van der Waals surface area contributed by atoms with E-state index in [0.29, 0.717) is 30.8 Å². The summed E-state index contributed by atoms with van der Waals surface area (Å²) in [6.45, 7) is 2.83. The minimum atomic E-state index is -3.58. The number of hydrogen-bond acceptors (Lipinski definition) is 6. The fourth-order valence-corrected chi connectivity index (χ4v) is 4.68. The van der Waals surface area contributed by atoms with Crippen molar-refractivity contribution >= 4 is 28.4 Å². The molecule has 0 bridgehead atoms. The highest BCUT2D eigenvalue weighted by Gasteiger charge is 2.33. The summed E-state index contributed by atoms with van der Waals surface area (Å²) >= 11 is 0. The average molecular weight is 391 g/mol. The molecule has 0 aliphatic carbocycles. The number of ether oxygens (including phenoxy) is 2. The van der Waals surface area contributed by atoms with Crippen LogP contribution in [0.5, 0.6) is 5.75 Å². The summed E-state index contributed by atoms with van der Waals surface area (Å²) in [6.07, 6.45) is 1.21. The standard InChI is InChI=1S/C16H22N2O5S.ClH/c1-2-22-16(19)15-9-11-8-13(5-6-14(11)23-15)24(20,21)18-7-3-4-12(17)10-18;/h5-6,8,12,15H,2-4,7,9-10,17H2,1H3;1H. The molecule has 1 aromatic carbocycles. The number of piperidine rings is 1. The van der Waals surface area contributed by atoms with E-state index in [1.54, 1.807) is 19.1 Å². The Labute approximate surface area is 153 Å². The summed E-state index contributed by atoms with van der Waals surface area (Å²) in [6, 6.07) is 4.58. The van der Waals surface area contributed by atoms with Gasteiger partial charge in [0.15, 0.2) is 6.10 Å². The molecular weight excluding hydrogens is 368 g/mol. The van der Waals surface area contributed by atoms with Gasteiger partial charge in [-0.3, -0.25) is 0 Å². The van der Waals surface area contributed by atoms with E-state index in [1.807, 2.05) is 0 Å². The lowest BCUT2D eigenvalue weighted by Gasteiger charge is -2.29. The van der Waals surface area contributed by atoms with Gasteiger partial charge in [0.05, 0.1) is 11.5 Å². The summed E-state index contributed by atoms with van der Waals surface area (Å²) in [5.74, 6) is 0.0995. The zero-order valence-corrected chi connectivity index (χ0v) is 15.6. The molecule has 9 heteroatoms. The first kappa shape index (κ1) is 20.0. The number of nitrogens with two attached hydrogens (primary N) is 1. The fourth-order valence-electron chi connectivity index (χ4n) is 3.09. The molecule has 1 aromatic rings. The first-order chi connectivity index (χ1) is 11.4. The largest absolute Gasteiger partial charge is 0.478 e. The fraction of sp³-hybridized carbons (Fsp3) is 0.562. The smallest absolute Gasteiger partial charge is 0.347 e.